The number of nitrogens with zero attached hydrogens (tertiary/aromatic N) is 4. The lowest BCUT2D eigenvalue weighted by Crippen LogP contribution is -2.18. The van der Waals surface area contributed by atoms with Crippen LogP contribution in [0.3, 0.4) is 0 Å². The average molecular weight is 461 g/mol. The lowest BCUT2D eigenvalue weighted by atomic mass is 10.3. The molecule has 0 atom stereocenters. The molecule has 26 heavy (non-hydrogen) atoms. The molecule has 3 aromatic rings. The molecule has 0 fully saturated rings. The van der Waals surface area contributed by atoms with Gasteiger partial charge in [-0.05, 0) is 18.4 Å². The summed E-state index contributed by atoms with van der Waals surface area (Å²) in [6.07, 6.45) is -3.44. The molecule has 0 aliphatic carbocycles. The lowest BCUT2D eigenvalue weighted by Gasteiger charge is -2.12. The van der Waals surface area contributed by atoms with Crippen LogP contribution in [-0.4, -0.2) is 34.8 Å². The minimum atomic E-state index is -5.07. The van der Waals surface area contributed by atoms with E-state index in [4.69, 9.17) is 23.2 Å². The van der Waals surface area contributed by atoms with Gasteiger partial charge in [-0.15, -0.1) is 10.2 Å². The summed E-state index contributed by atoms with van der Waals surface area (Å²) in [5.74, 6) is 0. The van der Waals surface area contributed by atoms with E-state index in [1.807, 2.05) is 0 Å². The first-order chi connectivity index (χ1) is 12.0. The Bertz CT molecular complexity index is 1120. The second kappa shape index (κ2) is 6.75. The quantitative estimate of drug-likeness (QED) is 0.536. The molecular weight excluding hydrogens is 456 g/mol. The van der Waals surface area contributed by atoms with Crippen LogP contribution in [-0.2, 0) is 16.0 Å². The number of aromatic nitrogens is 4. The van der Waals surface area contributed by atoms with Crippen LogP contribution in [0, 0.1) is 0 Å². The van der Waals surface area contributed by atoms with Crippen molar-refractivity contribution in [3.05, 3.63) is 27.9 Å². The van der Waals surface area contributed by atoms with E-state index in [1.165, 1.54) is 0 Å². The van der Waals surface area contributed by atoms with Crippen molar-refractivity contribution < 1.29 is 21.6 Å². The van der Waals surface area contributed by atoms with E-state index in [0.717, 1.165) is 23.9 Å². The zero-order valence-corrected chi connectivity index (χ0v) is 16.3. The SMILES string of the molecule is CSc1nnc(S(=O)(=O)c2nc3cc(Cl)c(Cl)cc3nc2C(F)(F)F)s1. The van der Waals surface area contributed by atoms with Crippen LogP contribution >= 0.6 is 46.3 Å². The first-order valence-electron chi connectivity index (χ1n) is 6.40. The third kappa shape index (κ3) is 3.48. The Morgan fingerprint density at radius 1 is 1.08 bits per heavy atom. The van der Waals surface area contributed by atoms with Crippen LogP contribution in [0.1, 0.15) is 5.69 Å². The third-order valence-corrected chi connectivity index (χ3v) is 7.65. The molecule has 3 rings (SSSR count). The number of alkyl halides is 3. The Kier molecular flexibility index (Phi) is 5.07. The van der Waals surface area contributed by atoms with E-state index in [2.05, 4.69) is 20.2 Å². The lowest BCUT2D eigenvalue weighted by molar-refractivity contribution is -0.143. The summed E-state index contributed by atoms with van der Waals surface area (Å²) in [5.41, 5.74) is -2.06. The molecule has 2 heterocycles. The number of fused-ring (bicyclic) bond motifs is 1. The van der Waals surface area contributed by atoms with E-state index >= 15 is 0 Å². The first-order valence-corrected chi connectivity index (χ1v) is 10.7. The fourth-order valence-corrected chi connectivity index (χ4v) is 5.22. The molecule has 0 unspecified atom stereocenters. The highest BCUT2D eigenvalue weighted by Gasteiger charge is 2.42. The maximum Gasteiger partial charge on any atom is 0.436 e. The van der Waals surface area contributed by atoms with Gasteiger partial charge in [0.2, 0.25) is 4.34 Å². The molecule has 1 aromatic carbocycles. The topological polar surface area (TPSA) is 85.7 Å². The molecular formula is C12H5Cl2F3N4O2S3. The van der Waals surface area contributed by atoms with Gasteiger partial charge in [0.15, 0.2) is 15.1 Å². The van der Waals surface area contributed by atoms with Crippen molar-refractivity contribution >= 4 is 67.2 Å². The standard InChI is InChI=1S/C12H5Cl2F3N4O2S3/c1-24-10-20-21-11(25-10)26(22,23)9-8(12(15,16)17)18-6-2-4(13)5(14)3-7(6)19-9/h2-3H,1H3. The second-order valence-corrected chi connectivity index (χ2v) is 9.56. The number of benzene rings is 1. The first kappa shape index (κ1) is 19.5. The number of thioether (sulfide) groups is 1. The molecule has 0 radical (unpaired) electrons. The predicted octanol–water partition coefficient (Wildman–Crippen LogP) is 4.36. The van der Waals surface area contributed by atoms with Gasteiger partial charge in [-0.3, -0.25) is 0 Å². The van der Waals surface area contributed by atoms with Gasteiger partial charge < -0.3 is 0 Å². The van der Waals surface area contributed by atoms with Crippen LogP contribution in [0.4, 0.5) is 13.2 Å². The minimum Gasteiger partial charge on any atom is -0.239 e. The summed E-state index contributed by atoms with van der Waals surface area (Å²) in [6, 6.07) is 2.22. The largest absolute Gasteiger partial charge is 0.436 e. The third-order valence-electron chi connectivity index (χ3n) is 2.99. The van der Waals surface area contributed by atoms with Gasteiger partial charge in [-0.2, -0.15) is 13.2 Å². The Balaban J connectivity index is 2.34. The van der Waals surface area contributed by atoms with Crippen molar-refractivity contribution in [3.8, 4) is 0 Å². The van der Waals surface area contributed by atoms with Gasteiger partial charge in [0, 0.05) is 0 Å². The maximum atomic E-state index is 13.4. The molecule has 138 valence electrons. The van der Waals surface area contributed by atoms with Crippen molar-refractivity contribution in [2.45, 2.75) is 19.9 Å². The molecule has 0 N–H and O–H groups in total. The molecule has 14 heteroatoms. The zero-order valence-electron chi connectivity index (χ0n) is 12.4. The van der Waals surface area contributed by atoms with Crippen LogP contribution in [0.15, 0.2) is 25.8 Å². The van der Waals surface area contributed by atoms with Crippen LogP contribution in [0.25, 0.3) is 11.0 Å². The Morgan fingerprint density at radius 2 is 1.65 bits per heavy atom. The summed E-state index contributed by atoms with van der Waals surface area (Å²) in [5, 5.41) is 5.74. The average Bonchev–Trinajstić information content (AvgIpc) is 3.04. The fourth-order valence-electron chi connectivity index (χ4n) is 1.88. The molecule has 0 amide bonds. The monoisotopic (exact) mass is 460 g/mol. The van der Waals surface area contributed by atoms with Crippen molar-refractivity contribution in [2.75, 3.05) is 6.26 Å². The zero-order chi connectivity index (χ0) is 19.3. The molecule has 2 aromatic heterocycles. The summed E-state index contributed by atoms with van der Waals surface area (Å²) < 4.78 is 65.2. The molecule has 0 saturated carbocycles. The Hall–Kier alpha value is -1.21. The van der Waals surface area contributed by atoms with E-state index in [0.29, 0.717) is 11.3 Å². The smallest absolute Gasteiger partial charge is 0.239 e. The van der Waals surface area contributed by atoms with Gasteiger partial charge in [0.25, 0.3) is 9.84 Å². The molecule has 0 aliphatic rings. The predicted molar refractivity (Wildman–Crippen MR) is 91.7 cm³/mol. The number of rotatable bonds is 3. The summed E-state index contributed by atoms with van der Waals surface area (Å²) in [6.45, 7) is 0. The highest BCUT2D eigenvalue weighted by atomic mass is 35.5. The second-order valence-electron chi connectivity index (χ2n) is 4.67. The van der Waals surface area contributed by atoms with E-state index < -0.39 is 31.1 Å². The summed E-state index contributed by atoms with van der Waals surface area (Å²) >= 11 is 13.4. The van der Waals surface area contributed by atoms with Crippen molar-refractivity contribution in [1.82, 2.24) is 20.2 Å². The van der Waals surface area contributed by atoms with Gasteiger partial charge in [0.1, 0.15) is 0 Å². The number of hydrogen-bond donors (Lipinski definition) is 0. The van der Waals surface area contributed by atoms with Crippen LogP contribution in [0.5, 0.6) is 0 Å². The number of sulfone groups is 1. The Morgan fingerprint density at radius 3 is 2.15 bits per heavy atom. The maximum absolute atomic E-state index is 13.4. The van der Waals surface area contributed by atoms with Crippen LogP contribution < -0.4 is 0 Å². The van der Waals surface area contributed by atoms with Gasteiger partial charge in [-0.25, -0.2) is 18.4 Å². The van der Waals surface area contributed by atoms with Crippen LogP contribution in [0.2, 0.25) is 10.0 Å². The van der Waals surface area contributed by atoms with E-state index in [9.17, 15) is 21.6 Å². The van der Waals surface area contributed by atoms with Gasteiger partial charge in [-0.1, -0.05) is 46.3 Å². The number of halogens is 5. The number of hydrogen-bond acceptors (Lipinski definition) is 8. The van der Waals surface area contributed by atoms with E-state index in [-0.39, 0.29) is 25.4 Å². The normalized spacial score (nSPS) is 12.7. The van der Waals surface area contributed by atoms with E-state index in [1.54, 1.807) is 6.26 Å². The molecule has 0 spiro atoms. The van der Waals surface area contributed by atoms with Gasteiger partial charge in [0.05, 0.1) is 21.1 Å². The van der Waals surface area contributed by atoms with Crippen molar-refractivity contribution in [2.24, 2.45) is 0 Å². The molecule has 6 nitrogen and oxygen atoms in total. The summed E-state index contributed by atoms with van der Waals surface area (Å²) in [4.78, 5) is 7.05. The highest BCUT2D eigenvalue weighted by Crippen LogP contribution is 2.37. The molecule has 0 bridgehead atoms. The molecule has 0 aliphatic heterocycles. The van der Waals surface area contributed by atoms with Gasteiger partial charge >= 0.3 is 6.18 Å². The Labute approximate surface area is 162 Å². The summed E-state index contributed by atoms with van der Waals surface area (Å²) in [7, 11) is -4.69. The van der Waals surface area contributed by atoms with Crippen molar-refractivity contribution in [1.29, 1.82) is 0 Å². The van der Waals surface area contributed by atoms with Crippen molar-refractivity contribution in [3.63, 3.8) is 0 Å². The highest BCUT2D eigenvalue weighted by molar-refractivity contribution is 8.01. The fraction of sp³-hybridized carbons (Fsp3) is 0.167. The molecule has 0 saturated heterocycles. The minimum absolute atomic E-state index is 0.00263.